The van der Waals surface area contributed by atoms with E-state index >= 15 is 0 Å². The minimum atomic E-state index is -0.412. The zero-order chi connectivity index (χ0) is 14.3. The first-order valence-corrected chi connectivity index (χ1v) is 7.04. The molecule has 0 aliphatic rings. The van der Waals surface area contributed by atoms with Crippen molar-refractivity contribution in [2.75, 3.05) is 12.5 Å². The molecule has 1 aromatic rings. The van der Waals surface area contributed by atoms with E-state index in [1.54, 1.807) is 6.92 Å². The number of nitrogens with one attached hydrogen (secondary N) is 1. The normalized spacial score (nSPS) is 13.1. The average Bonchev–Trinajstić information content (AvgIpc) is 2.40. The molecule has 0 aliphatic carbocycles. The Bertz CT molecular complexity index is 392. The molecule has 3 nitrogen and oxygen atoms in total. The van der Waals surface area contributed by atoms with Gasteiger partial charge in [-0.3, -0.25) is 10.1 Å². The summed E-state index contributed by atoms with van der Waals surface area (Å²) < 4.78 is 5.12. The van der Waals surface area contributed by atoms with Gasteiger partial charge in [-0.15, -0.1) is 11.6 Å². The molecule has 0 saturated heterocycles. The highest BCUT2D eigenvalue weighted by atomic mass is 35.5. The number of hydrogen-bond acceptors (Lipinski definition) is 3. The molecule has 0 saturated carbocycles. The van der Waals surface area contributed by atoms with Crippen molar-refractivity contribution >= 4 is 17.6 Å². The molecule has 0 fully saturated rings. The second-order valence-corrected chi connectivity index (χ2v) is 5.44. The van der Waals surface area contributed by atoms with Gasteiger partial charge >= 0.3 is 5.97 Å². The highest BCUT2D eigenvalue weighted by Crippen LogP contribution is 2.24. The van der Waals surface area contributed by atoms with Crippen LogP contribution in [-0.2, 0) is 16.1 Å². The van der Waals surface area contributed by atoms with Crippen LogP contribution in [0.3, 0.4) is 0 Å². The Kier molecular flexibility index (Phi) is 6.32. The van der Waals surface area contributed by atoms with E-state index in [0.29, 0.717) is 19.0 Å². The standard InChI is InChI=1S/C15H22ClNO2/c1-4-19-14(18)13(15(2,3)11-16)17-10-12-8-6-5-7-9-12/h5-9,13,17H,4,10-11H2,1-3H3. The summed E-state index contributed by atoms with van der Waals surface area (Å²) in [7, 11) is 0. The average molecular weight is 284 g/mol. The number of alkyl halides is 1. The number of rotatable bonds is 7. The quantitative estimate of drug-likeness (QED) is 0.618. The van der Waals surface area contributed by atoms with Crippen LogP contribution in [0.5, 0.6) is 0 Å². The molecule has 19 heavy (non-hydrogen) atoms. The van der Waals surface area contributed by atoms with Crippen LogP contribution >= 0.6 is 11.6 Å². The Morgan fingerprint density at radius 1 is 1.37 bits per heavy atom. The molecule has 1 unspecified atom stereocenters. The summed E-state index contributed by atoms with van der Waals surface area (Å²) in [5, 5.41) is 3.25. The van der Waals surface area contributed by atoms with Gasteiger partial charge in [0.05, 0.1) is 6.61 Å². The molecule has 0 bridgehead atoms. The number of hydrogen-bond donors (Lipinski definition) is 1. The van der Waals surface area contributed by atoms with Crippen molar-refractivity contribution in [3.8, 4) is 0 Å². The maximum atomic E-state index is 12.0. The van der Waals surface area contributed by atoms with Gasteiger partial charge in [-0.1, -0.05) is 44.2 Å². The predicted molar refractivity (Wildman–Crippen MR) is 78.2 cm³/mol. The molecule has 1 atom stereocenters. The third kappa shape index (κ3) is 4.84. The maximum Gasteiger partial charge on any atom is 0.323 e. The van der Waals surface area contributed by atoms with Gasteiger partial charge in [-0.2, -0.15) is 0 Å². The van der Waals surface area contributed by atoms with Crippen LogP contribution in [0.1, 0.15) is 26.3 Å². The molecule has 1 rings (SSSR count). The second kappa shape index (κ2) is 7.51. The van der Waals surface area contributed by atoms with E-state index in [1.807, 2.05) is 44.2 Å². The fourth-order valence-corrected chi connectivity index (χ4v) is 1.95. The Balaban J connectivity index is 2.72. The van der Waals surface area contributed by atoms with Gasteiger partial charge in [-0.05, 0) is 12.5 Å². The van der Waals surface area contributed by atoms with Crippen molar-refractivity contribution in [1.29, 1.82) is 0 Å². The molecular formula is C15H22ClNO2. The van der Waals surface area contributed by atoms with Crippen LogP contribution in [0, 0.1) is 5.41 Å². The summed E-state index contributed by atoms with van der Waals surface area (Å²) in [6, 6.07) is 9.54. The van der Waals surface area contributed by atoms with Crippen molar-refractivity contribution < 1.29 is 9.53 Å². The molecule has 0 heterocycles. The minimum Gasteiger partial charge on any atom is -0.465 e. The SMILES string of the molecule is CCOC(=O)C(NCc1ccccc1)C(C)(C)CCl. The van der Waals surface area contributed by atoms with Crippen molar-refractivity contribution in [3.05, 3.63) is 35.9 Å². The molecule has 0 spiro atoms. The lowest BCUT2D eigenvalue weighted by molar-refractivity contribution is -0.148. The summed E-state index contributed by atoms with van der Waals surface area (Å²) in [5.41, 5.74) is 0.768. The van der Waals surface area contributed by atoms with Crippen LogP contribution in [0.15, 0.2) is 30.3 Å². The smallest absolute Gasteiger partial charge is 0.323 e. The van der Waals surface area contributed by atoms with Gasteiger partial charge in [0.15, 0.2) is 0 Å². The zero-order valence-corrected chi connectivity index (χ0v) is 12.5. The highest BCUT2D eigenvalue weighted by molar-refractivity contribution is 6.18. The van der Waals surface area contributed by atoms with E-state index < -0.39 is 6.04 Å². The van der Waals surface area contributed by atoms with Crippen LogP contribution in [0.4, 0.5) is 0 Å². The number of halogens is 1. The van der Waals surface area contributed by atoms with Crippen molar-refractivity contribution in [2.24, 2.45) is 5.41 Å². The monoisotopic (exact) mass is 283 g/mol. The Morgan fingerprint density at radius 2 is 2.00 bits per heavy atom. The van der Waals surface area contributed by atoms with E-state index in [9.17, 15) is 4.79 Å². The Morgan fingerprint density at radius 3 is 2.53 bits per heavy atom. The first-order chi connectivity index (χ1) is 9.01. The lowest BCUT2D eigenvalue weighted by Gasteiger charge is -2.31. The molecule has 0 radical (unpaired) electrons. The molecular weight excluding hydrogens is 262 g/mol. The largest absolute Gasteiger partial charge is 0.465 e. The topological polar surface area (TPSA) is 38.3 Å². The first kappa shape index (κ1) is 16.0. The van der Waals surface area contributed by atoms with Crippen LogP contribution in [0.25, 0.3) is 0 Å². The van der Waals surface area contributed by atoms with Crippen molar-refractivity contribution in [2.45, 2.75) is 33.4 Å². The number of carbonyl (C=O) groups is 1. The second-order valence-electron chi connectivity index (χ2n) is 5.17. The van der Waals surface area contributed by atoms with Crippen molar-refractivity contribution in [1.82, 2.24) is 5.32 Å². The van der Waals surface area contributed by atoms with Gasteiger partial charge in [0, 0.05) is 17.8 Å². The van der Waals surface area contributed by atoms with Crippen LogP contribution < -0.4 is 5.32 Å². The van der Waals surface area contributed by atoms with Crippen LogP contribution in [-0.4, -0.2) is 24.5 Å². The summed E-state index contributed by atoms with van der Waals surface area (Å²) in [5.74, 6) is 0.141. The van der Waals surface area contributed by atoms with Gasteiger partial charge in [0.2, 0.25) is 0 Å². The molecule has 0 aliphatic heterocycles. The van der Waals surface area contributed by atoms with Gasteiger partial charge in [0.25, 0.3) is 0 Å². The minimum absolute atomic E-state index is 0.246. The number of benzene rings is 1. The number of esters is 1. The lowest BCUT2D eigenvalue weighted by Crippen LogP contribution is -2.49. The third-order valence-corrected chi connectivity index (χ3v) is 3.69. The molecule has 1 N–H and O–H groups in total. The van der Waals surface area contributed by atoms with E-state index in [0.717, 1.165) is 5.56 Å². The van der Waals surface area contributed by atoms with E-state index in [4.69, 9.17) is 16.3 Å². The molecule has 0 aromatic heterocycles. The maximum absolute atomic E-state index is 12.0. The van der Waals surface area contributed by atoms with Gasteiger partial charge in [-0.25, -0.2) is 0 Å². The highest BCUT2D eigenvalue weighted by Gasteiger charge is 2.35. The fourth-order valence-electron chi connectivity index (χ4n) is 1.80. The number of carbonyl (C=O) groups excluding carboxylic acids is 1. The molecule has 0 amide bonds. The fraction of sp³-hybridized carbons (Fsp3) is 0.533. The van der Waals surface area contributed by atoms with Gasteiger partial charge < -0.3 is 4.74 Å². The zero-order valence-electron chi connectivity index (χ0n) is 11.8. The lowest BCUT2D eigenvalue weighted by atomic mass is 9.86. The van der Waals surface area contributed by atoms with E-state index in [2.05, 4.69) is 5.32 Å². The van der Waals surface area contributed by atoms with Crippen LogP contribution in [0.2, 0.25) is 0 Å². The van der Waals surface area contributed by atoms with Crippen molar-refractivity contribution in [3.63, 3.8) is 0 Å². The van der Waals surface area contributed by atoms with Gasteiger partial charge in [0.1, 0.15) is 6.04 Å². The van der Waals surface area contributed by atoms with E-state index in [1.165, 1.54) is 0 Å². The molecule has 4 heteroatoms. The molecule has 1 aromatic carbocycles. The van der Waals surface area contributed by atoms with E-state index in [-0.39, 0.29) is 11.4 Å². The Hall–Kier alpha value is -1.06. The molecule has 106 valence electrons. The summed E-state index contributed by atoms with van der Waals surface area (Å²) in [6.07, 6.45) is 0. The predicted octanol–water partition coefficient (Wildman–Crippen LogP) is 2.97. The summed E-state index contributed by atoms with van der Waals surface area (Å²) in [6.45, 7) is 6.71. The first-order valence-electron chi connectivity index (χ1n) is 6.51. The summed E-state index contributed by atoms with van der Waals surface area (Å²) in [4.78, 5) is 12.0. The summed E-state index contributed by atoms with van der Waals surface area (Å²) >= 11 is 5.97. The number of ether oxygens (including phenoxy) is 1. The third-order valence-electron chi connectivity index (χ3n) is 3.00. The Labute approximate surface area is 120 Å².